The molecule has 0 bridgehead atoms. The highest BCUT2D eigenvalue weighted by molar-refractivity contribution is 5.86. The van der Waals surface area contributed by atoms with Gasteiger partial charge in [-0.1, -0.05) is 36.4 Å². The summed E-state index contributed by atoms with van der Waals surface area (Å²) in [7, 11) is 0. The molecule has 0 spiro atoms. The lowest BCUT2D eigenvalue weighted by atomic mass is 10.1. The minimum absolute atomic E-state index is 0.0907. The van der Waals surface area contributed by atoms with Gasteiger partial charge in [0.25, 0.3) is 0 Å². The third-order valence-corrected chi connectivity index (χ3v) is 5.66. The second kappa shape index (κ2) is 8.95. The highest BCUT2D eigenvalue weighted by Gasteiger charge is 2.14. The van der Waals surface area contributed by atoms with E-state index in [0.29, 0.717) is 17.4 Å². The predicted octanol–water partition coefficient (Wildman–Crippen LogP) is 6.42. The fraction of sp³-hybridized carbons (Fsp3) is 0.107. The Kier molecular flexibility index (Phi) is 5.66. The van der Waals surface area contributed by atoms with Crippen LogP contribution < -0.4 is 15.5 Å². The zero-order valence-electron chi connectivity index (χ0n) is 19.5. The van der Waals surface area contributed by atoms with Gasteiger partial charge in [-0.2, -0.15) is 4.98 Å². The zero-order chi connectivity index (χ0) is 24.5. The van der Waals surface area contributed by atoms with Gasteiger partial charge in [0, 0.05) is 35.5 Å². The van der Waals surface area contributed by atoms with E-state index in [1.807, 2.05) is 55.5 Å². The molecule has 174 valence electrons. The molecule has 0 radical (unpaired) electrons. The number of anilines is 2. The lowest BCUT2D eigenvalue weighted by molar-refractivity contribution is 0.445. The summed E-state index contributed by atoms with van der Waals surface area (Å²) >= 11 is 0. The summed E-state index contributed by atoms with van der Waals surface area (Å²) in [5, 5.41) is 13.9. The van der Waals surface area contributed by atoms with Crippen LogP contribution in [0.1, 0.15) is 17.0 Å². The van der Waals surface area contributed by atoms with Crippen LogP contribution in [0.25, 0.3) is 22.3 Å². The Morgan fingerprint density at radius 1 is 0.886 bits per heavy atom. The van der Waals surface area contributed by atoms with Gasteiger partial charge >= 0.3 is 0 Å². The van der Waals surface area contributed by atoms with Gasteiger partial charge in [0.2, 0.25) is 5.88 Å². The number of rotatable bonds is 5. The predicted molar refractivity (Wildman–Crippen MR) is 136 cm³/mol. The Balaban J connectivity index is 1.49. The molecule has 0 saturated carbocycles. The average molecular weight is 466 g/mol. The standard InChI is InChI=1S/C28H23N3O4/c1-16-9-10-20(11-17(16)2)31-26-15-27(30-18(3)29-26)34-21-12-22(32)28-23(33)14-24(35-25(28)13-21)19-7-5-4-6-8-19/h4-15,32H,1-3H3,(H,29,30,31). The molecule has 0 saturated heterocycles. The van der Waals surface area contributed by atoms with Crippen molar-refractivity contribution in [3.63, 3.8) is 0 Å². The number of aromatic nitrogens is 2. The maximum Gasteiger partial charge on any atom is 0.224 e. The molecule has 2 N–H and O–H groups in total. The van der Waals surface area contributed by atoms with Crippen molar-refractivity contribution >= 4 is 22.5 Å². The van der Waals surface area contributed by atoms with Gasteiger partial charge < -0.3 is 19.6 Å². The van der Waals surface area contributed by atoms with Crippen molar-refractivity contribution in [2.75, 3.05) is 5.32 Å². The van der Waals surface area contributed by atoms with E-state index in [2.05, 4.69) is 22.2 Å². The first kappa shape index (κ1) is 22.2. The number of nitrogens with one attached hydrogen (secondary N) is 1. The van der Waals surface area contributed by atoms with E-state index < -0.39 is 0 Å². The molecule has 0 amide bonds. The molecule has 2 heterocycles. The molecule has 0 aliphatic heterocycles. The summed E-state index contributed by atoms with van der Waals surface area (Å²) in [6.07, 6.45) is 0. The van der Waals surface area contributed by atoms with Crippen molar-refractivity contribution in [2.24, 2.45) is 0 Å². The third-order valence-electron chi connectivity index (χ3n) is 5.66. The van der Waals surface area contributed by atoms with Crippen molar-refractivity contribution in [1.82, 2.24) is 9.97 Å². The van der Waals surface area contributed by atoms with Crippen LogP contribution in [0.15, 0.2) is 82.0 Å². The van der Waals surface area contributed by atoms with Crippen molar-refractivity contribution in [1.29, 1.82) is 0 Å². The third kappa shape index (κ3) is 4.70. The molecule has 35 heavy (non-hydrogen) atoms. The topological polar surface area (TPSA) is 97.5 Å². The maximum atomic E-state index is 12.7. The Hall–Kier alpha value is -4.65. The molecule has 0 aliphatic carbocycles. The molecule has 0 fully saturated rings. The van der Waals surface area contributed by atoms with Crippen LogP contribution in [0.3, 0.4) is 0 Å². The van der Waals surface area contributed by atoms with Crippen LogP contribution in [0.2, 0.25) is 0 Å². The second-order valence-electron chi connectivity index (χ2n) is 8.32. The van der Waals surface area contributed by atoms with Crippen molar-refractivity contribution in [3.8, 4) is 28.7 Å². The van der Waals surface area contributed by atoms with Gasteiger partial charge in [0.05, 0.1) is 0 Å². The van der Waals surface area contributed by atoms with E-state index in [4.69, 9.17) is 9.15 Å². The molecule has 0 aliphatic rings. The molecule has 0 atom stereocenters. The first-order chi connectivity index (χ1) is 16.9. The van der Waals surface area contributed by atoms with Crippen molar-refractivity contribution < 1.29 is 14.3 Å². The number of aromatic hydroxyl groups is 1. The Morgan fingerprint density at radius 3 is 2.46 bits per heavy atom. The van der Waals surface area contributed by atoms with E-state index in [1.54, 1.807) is 19.1 Å². The Bertz CT molecular complexity index is 1610. The van der Waals surface area contributed by atoms with E-state index in [-0.39, 0.29) is 33.8 Å². The van der Waals surface area contributed by atoms with Crippen LogP contribution in [-0.2, 0) is 0 Å². The average Bonchev–Trinajstić information content (AvgIpc) is 2.81. The number of ether oxygens (including phenoxy) is 1. The number of hydrogen-bond acceptors (Lipinski definition) is 7. The zero-order valence-corrected chi connectivity index (χ0v) is 19.5. The van der Waals surface area contributed by atoms with Crippen LogP contribution >= 0.6 is 0 Å². The van der Waals surface area contributed by atoms with Gasteiger partial charge in [0.1, 0.15) is 39.9 Å². The Labute approximate surface area is 201 Å². The summed E-state index contributed by atoms with van der Waals surface area (Å²) in [4.78, 5) is 21.5. The summed E-state index contributed by atoms with van der Waals surface area (Å²) in [5.41, 5.74) is 3.90. The van der Waals surface area contributed by atoms with Crippen molar-refractivity contribution in [3.05, 3.63) is 100.0 Å². The number of aryl methyl sites for hydroxylation is 3. The van der Waals surface area contributed by atoms with Gasteiger partial charge in [-0.05, 0) is 44.0 Å². The lowest BCUT2D eigenvalue weighted by Crippen LogP contribution is -2.02. The monoisotopic (exact) mass is 465 g/mol. The van der Waals surface area contributed by atoms with E-state index >= 15 is 0 Å². The molecule has 2 aromatic heterocycles. The highest BCUT2D eigenvalue weighted by atomic mass is 16.5. The quantitative estimate of drug-likeness (QED) is 0.309. The summed E-state index contributed by atoms with van der Waals surface area (Å²) in [6, 6.07) is 21.3. The minimum atomic E-state index is -0.341. The second-order valence-corrected chi connectivity index (χ2v) is 8.32. The van der Waals surface area contributed by atoms with Crippen molar-refractivity contribution in [2.45, 2.75) is 20.8 Å². The number of phenols is 1. The highest BCUT2D eigenvalue weighted by Crippen LogP contribution is 2.33. The SMILES string of the molecule is Cc1nc(Nc2ccc(C)c(C)c2)cc(Oc2cc(O)c3c(=O)cc(-c4ccccc4)oc3c2)n1. The first-order valence-corrected chi connectivity index (χ1v) is 11.1. The van der Waals surface area contributed by atoms with E-state index in [1.165, 1.54) is 23.3 Å². The molecule has 7 heteroatoms. The van der Waals surface area contributed by atoms with Gasteiger partial charge in [-0.15, -0.1) is 0 Å². The summed E-state index contributed by atoms with van der Waals surface area (Å²) in [5.74, 6) is 1.81. The normalized spacial score (nSPS) is 10.9. The van der Waals surface area contributed by atoms with Crippen LogP contribution in [0, 0.1) is 20.8 Å². The number of hydrogen-bond donors (Lipinski definition) is 2. The van der Waals surface area contributed by atoms with E-state index in [9.17, 15) is 9.90 Å². The maximum absolute atomic E-state index is 12.7. The number of phenolic OH excluding ortho intramolecular Hbond substituents is 1. The van der Waals surface area contributed by atoms with Crippen LogP contribution in [0.5, 0.6) is 17.4 Å². The molecular weight excluding hydrogens is 442 g/mol. The number of fused-ring (bicyclic) bond motifs is 1. The number of benzene rings is 3. The molecule has 7 nitrogen and oxygen atoms in total. The van der Waals surface area contributed by atoms with Crippen LogP contribution in [0.4, 0.5) is 11.5 Å². The van der Waals surface area contributed by atoms with Crippen LogP contribution in [-0.4, -0.2) is 15.1 Å². The smallest absolute Gasteiger partial charge is 0.224 e. The minimum Gasteiger partial charge on any atom is -0.507 e. The van der Waals surface area contributed by atoms with Gasteiger partial charge in [0.15, 0.2) is 5.43 Å². The fourth-order valence-corrected chi connectivity index (χ4v) is 3.79. The number of nitrogens with zero attached hydrogens (tertiary/aromatic N) is 2. The molecule has 5 aromatic rings. The first-order valence-electron chi connectivity index (χ1n) is 11.1. The summed E-state index contributed by atoms with van der Waals surface area (Å²) in [6.45, 7) is 5.87. The Morgan fingerprint density at radius 2 is 1.69 bits per heavy atom. The largest absolute Gasteiger partial charge is 0.507 e. The lowest BCUT2D eigenvalue weighted by Gasteiger charge is -2.12. The molecule has 3 aromatic carbocycles. The molecular formula is C28H23N3O4. The van der Waals surface area contributed by atoms with E-state index in [0.717, 1.165) is 11.3 Å². The molecule has 0 unspecified atom stereocenters. The summed E-state index contributed by atoms with van der Waals surface area (Å²) < 4.78 is 11.9. The molecule has 5 rings (SSSR count). The fourth-order valence-electron chi connectivity index (χ4n) is 3.79. The van der Waals surface area contributed by atoms with Gasteiger partial charge in [-0.3, -0.25) is 4.79 Å². The van der Waals surface area contributed by atoms with Gasteiger partial charge in [-0.25, -0.2) is 4.98 Å².